The third-order valence-electron chi connectivity index (χ3n) is 3.31. The summed E-state index contributed by atoms with van der Waals surface area (Å²) in [6, 6.07) is 18.0. The zero-order valence-corrected chi connectivity index (χ0v) is 13.0. The smallest absolute Gasteiger partial charge is 0.370 e. The molecular weight excluding hydrogens is 264 g/mol. The van der Waals surface area contributed by atoms with Crippen LogP contribution in [0.4, 0.5) is 0 Å². The maximum Gasteiger partial charge on any atom is 0.370 e. The van der Waals surface area contributed by atoms with Crippen molar-refractivity contribution in [3.8, 4) is 11.8 Å². The molecule has 2 aromatic rings. The highest BCUT2D eigenvalue weighted by Gasteiger charge is 2.33. The summed E-state index contributed by atoms with van der Waals surface area (Å²) in [5, 5.41) is 1.06. The maximum absolute atomic E-state index is 5.61. The Labute approximate surface area is 121 Å². The Hall–Kier alpha value is -1.86. The van der Waals surface area contributed by atoms with Gasteiger partial charge in [0.05, 0.1) is 0 Å². The Kier molecular flexibility index (Phi) is 4.75. The van der Waals surface area contributed by atoms with Crippen molar-refractivity contribution in [2.24, 2.45) is 0 Å². The summed E-state index contributed by atoms with van der Waals surface area (Å²) in [7, 11) is 1.02. The molecule has 0 aliphatic heterocycles. The van der Waals surface area contributed by atoms with E-state index in [9.17, 15) is 0 Å². The standard InChI is InChI=1S/C17H18O2Si/c1-18-20(3,19-2)17-12-8-7-11-16(17)14-13-15-9-5-4-6-10-15/h4-12H,1-3H3. The van der Waals surface area contributed by atoms with Crippen LogP contribution >= 0.6 is 0 Å². The van der Waals surface area contributed by atoms with Crippen molar-refractivity contribution in [2.75, 3.05) is 14.2 Å². The Bertz CT molecular complexity index is 622. The van der Waals surface area contributed by atoms with Crippen LogP contribution in [0.1, 0.15) is 11.1 Å². The Balaban J connectivity index is 2.42. The minimum Gasteiger partial charge on any atom is -0.394 e. The van der Waals surface area contributed by atoms with E-state index in [0.29, 0.717) is 0 Å². The van der Waals surface area contributed by atoms with E-state index in [2.05, 4.69) is 11.8 Å². The molecule has 0 amide bonds. The summed E-state index contributed by atoms with van der Waals surface area (Å²) in [5.41, 5.74) is 1.97. The first-order valence-electron chi connectivity index (χ1n) is 6.46. The van der Waals surface area contributed by atoms with Crippen molar-refractivity contribution < 1.29 is 8.85 Å². The molecule has 20 heavy (non-hydrogen) atoms. The molecule has 0 aromatic heterocycles. The van der Waals surface area contributed by atoms with Gasteiger partial charge in [0.1, 0.15) is 0 Å². The van der Waals surface area contributed by atoms with Gasteiger partial charge in [-0.2, -0.15) is 0 Å². The molecule has 2 rings (SSSR count). The first kappa shape index (κ1) is 14.5. The van der Waals surface area contributed by atoms with Gasteiger partial charge < -0.3 is 8.85 Å². The predicted molar refractivity (Wildman–Crippen MR) is 84.1 cm³/mol. The van der Waals surface area contributed by atoms with E-state index in [1.54, 1.807) is 14.2 Å². The van der Waals surface area contributed by atoms with Gasteiger partial charge >= 0.3 is 8.56 Å². The van der Waals surface area contributed by atoms with Crippen LogP contribution in [0.15, 0.2) is 54.6 Å². The molecule has 0 bridgehead atoms. The first-order valence-corrected chi connectivity index (χ1v) is 8.78. The molecule has 0 spiro atoms. The van der Waals surface area contributed by atoms with Gasteiger partial charge in [0.2, 0.25) is 0 Å². The molecule has 0 fully saturated rings. The molecule has 0 N–H and O–H groups in total. The number of hydrogen-bond acceptors (Lipinski definition) is 2. The third-order valence-corrected chi connectivity index (χ3v) is 6.28. The van der Waals surface area contributed by atoms with Crippen molar-refractivity contribution in [1.29, 1.82) is 0 Å². The average molecular weight is 282 g/mol. The molecule has 0 saturated carbocycles. The molecule has 3 heteroatoms. The van der Waals surface area contributed by atoms with Crippen LogP contribution in [0.5, 0.6) is 0 Å². The van der Waals surface area contributed by atoms with Crippen LogP contribution in [0.25, 0.3) is 0 Å². The predicted octanol–water partition coefficient (Wildman–Crippen LogP) is 2.66. The summed E-state index contributed by atoms with van der Waals surface area (Å²) in [5.74, 6) is 6.41. The topological polar surface area (TPSA) is 18.5 Å². The van der Waals surface area contributed by atoms with Crippen molar-refractivity contribution in [1.82, 2.24) is 0 Å². The fourth-order valence-corrected chi connectivity index (χ4v) is 3.59. The summed E-state index contributed by atoms with van der Waals surface area (Å²) in [4.78, 5) is 0. The van der Waals surface area contributed by atoms with Gasteiger partial charge in [-0.15, -0.1) is 0 Å². The van der Waals surface area contributed by atoms with E-state index in [-0.39, 0.29) is 0 Å². The van der Waals surface area contributed by atoms with E-state index in [1.165, 1.54) is 0 Å². The second-order valence-corrected chi connectivity index (χ2v) is 7.76. The molecule has 0 unspecified atom stereocenters. The fourth-order valence-electron chi connectivity index (χ4n) is 1.95. The number of rotatable bonds is 3. The third kappa shape index (κ3) is 3.17. The van der Waals surface area contributed by atoms with E-state index in [0.717, 1.165) is 16.3 Å². The van der Waals surface area contributed by atoms with Gasteiger partial charge in [-0.3, -0.25) is 0 Å². The molecule has 2 nitrogen and oxygen atoms in total. The van der Waals surface area contributed by atoms with Crippen molar-refractivity contribution >= 4 is 13.7 Å². The summed E-state index contributed by atoms with van der Waals surface area (Å²) in [6.07, 6.45) is 0. The van der Waals surface area contributed by atoms with Crippen LogP contribution in [0, 0.1) is 11.8 Å². The zero-order valence-electron chi connectivity index (χ0n) is 12.0. The molecule has 2 aromatic carbocycles. The van der Waals surface area contributed by atoms with Gasteiger partial charge in [-0.05, 0) is 24.7 Å². The van der Waals surface area contributed by atoms with E-state index in [1.807, 2.05) is 61.1 Å². The second kappa shape index (κ2) is 6.53. The van der Waals surface area contributed by atoms with E-state index < -0.39 is 8.56 Å². The summed E-state index contributed by atoms with van der Waals surface area (Å²) < 4.78 is 11.2. The highest BCUT2D eigenvalue weighted by molar-refractivity contribution is 6.80. The van der Waals surface area contributed by atoms with Crippen LogP contribution in [-0.4, -0.2) is 22.8 Å². The lowest BCUT2D eigenvalue weighted by atomic mass is 10.2. The minimum atomic E-state index is -2.36. The molecule has 0 saturated heterocycles. The molecule has 0 radical (unpaired) electrons. The summed E-state index contributed by atoms with van der Waals surface area (Å²) >= 11 is 0. The fraction of sp³-hybridized carbons (Fsp3) is 0.176. The molecule has 102 valence electrons. The minimum absolute atomic E-state index is 0.967. The monoisotopic (exact) mass is 282 g/mol. The normalized spacial score (nSPS) is 10.8. The average Bonchev–Trinajstić information content (AvgIpc) is 2.53. The van der Waals surface area contributed by atoms with Crippen LogP contribution in [0.2, 0.25) is 6.55 Å². The van der Waals surface area contributed by atoms with Gasteiger partial charge in [-0.25, -0.2) is 0 Å². The maximum atomic E-state index is 5.61. The molecule has 0 aliphatic carbocycles. The van der Waals surface area contributed by atoms with Crippen molar-refractivity contribution in [3.63, 3.8) is 0 Å². The van der Waals surface area contributed by atoms with E-state index >= 15 is 0 Å². The first-order chi connectivity index (χ1) is 9.69. The Morgan fingerprint density at radius 2 is 1.40 bits per heavy atom. The van der Waals surface area contributed by atoms with Gasteiger partial charge in [0.25, 0.3) is 0 Å². The SMILES string of the molecule is CO[Si](C)(OC)c1ccccc1C#Cc1ccccc1. The van der Waals surface area contributed by atoms with Gasteiger partial charge in [-0.1, -0.05) is 48.2 Å². The molecular formula is C17H18O2Si. The van der Waals surface area contributed by atoms with Crippen LogP contribution in [0.3, 0.4) is 0 Å². The lowest BCUT2D eigenvalue weighted by Crippen LogP contribution is -2.50. The zero-order chi connectivity index (χ0) is 14.4. The van der Waals surface area contributed by atoms with E-state index in [4.69, 9.17) is 8.85 Å². The quantitative estimate of drug-likeness (QED) is 0.636. The van der Waals surface area contributed by atoms with Crippen molar-refractivity contribution in [3.05, 3.63) is 65.7 Å². The Morgan fingerprint density at radius 1 is 0.800 bits per heavy atom. The van der Waals surface area contributed by atoms with Crippen LogP contribution < -0.4 is 5.19 Å². The highest BCUT2D eigenvalue weighted by Crippen LogP contribution is 2.09. The molecule has 0 heterocycles. The Morgan fingerprint density at radius 3 is 2.05 bits per heavy atom. The summed E-state index contributed by atoms with van der Waals surface area (Å²) in [6.45, 7) is 2.02. The second-order valence-electron chi connectivity index (χ2n) is 4.52. The highest BCUT2D eigenvalue weighted by atomic mass is 28.4. The van der Waals surface area contributed by atoms with Crippen LogP contribution in [-0.2, 0) is 8.85 Å². The number of hydrogen-bond donors (Lipinski definition) is 0. The largest absolute Gasteiger partial charge is 0.394 e. The molecule has 0 aliphatic rings. The van der Waals surface area contributed by atoms with Gasteiger partial charge in [0.15, 0.2) is 0 Å². The molecule has 0 atom stereocenters. The number of benzene rings is 2. The lowest BCUT2D eigenvalue weighted by Gasteiger charge is -2.24. The lowest BCUT2D eigenvalue weighted by molar-refractivity contribution is 0.265. The van der Waals surface area contributed by atoms with Gasteiger partial charge in [0, 0.05) is 30.5 Å². The van der Waals surface area contributed by atoms with Crippen molar-refractivity contribution in [2.45, 2.75) is 6.55 Å².